The van der Waals surface area contributed by atoms with Crippen LogP contribution in [0.1, 0.15) is 72.9 Å². The highest BCUT2D eigenvalue weighted by Crippen LogP contribution is 2.30. The first-order valence-corrected chi connectivity index (χ1v) is 14.2. The number of nitrogens with one attached hydrogen (secondary N) is 1. The molecule has 0 radical (unpaired) electrons. The minimum atomic E-state index is -0.783. The number of benzene rings is 3. The number of para-hydroxylation sites is 1. The highest BCUT2D eigenvalue weighted by molar-refractivity contribution is 6.17. The summed E-state index contributed by atoms with van der Waals surface area (Å²) in [5, 5.41) is 21.7. The number of hydrogen-bond acceptors (Lipinski definition) is 5. The molecule has 0 bridgehead atoms. The summed E-state index contributed by atoms with van der Waals surface area (Å²) in [4.78, 5) is 38.8. The van der Waals surface area contributed by atoms with E-state index in [-0.39, 0.29) is 18.7 Å². The van der Waals surface area contributed by atoms with E-state index in [4.69, 9.17) is 20.9 Å². The van der Waals surface area contributed by atoms with E-state index in [1.54, 1.807) is 0 Å². The van der Waals surface area contributed by atoms with Gasteiger partial charge in [0.2, 0.25) is 0 Å². The molecule has 0 aliphatic rings. The maximum Gasteiger partial charge on any atom is 0.303 e. The maximum atomic E-state index is 13.4. The zero-order chi connectivity index (χ0) is 29.5. The molecule has 3 aromatic carbocycles. The van der Waals surface area contributed by atoms with E-state index < -0.39 is 11.9 Å². The lowest BCUT2D eigenvalue weighted by molar-refractivity contribution is -0.138. The Morgan fingerprint density at radius 1 is 0.707 bits per heavy atom. The summed E-state index contributed by atoms with van der Waals surface area (Å²) in [5.74, 6) is -1.62. The van der Waals surface area contributed by atoms with Crippen molar-refractivity contribution in [1.82, 2.24) is 10.3 Å². The van der Waals surface area contributed by atoms with Crippen molar-refractivity contribution in [2.45, 2.75) is 57.8 Å². The Kier molecular flexibility index (Phi) is 12.7. The summed E-state index contributed by atoms with van der Waals surface area (Å²) < 4.78 is 0. The SMILES string of the molecule is NCCCCCC(=O)O.O=C(O)CCCCCNC(=O)c1c2ccccc2nc2cccc(Cc3ccccc3)c12. The smallest absolute Gasteiger partial charge is 0.303 e. The Bertz CT molecular complexity index is 1440. The Morgan fingerprint density at radius 3 is 2.02 bits per heavy atom. The molecule has 216 valence electrons. The molecule has 0 aliphatic carbocycles. The van der Waals surface area contributed by atoms with E-state index in [1.165, 1.54) is 5.56 Å². The highest BCUT2D eigenvalue weighted by Gasteiger charge is 2.18. The Hall–Kier alpha value is -4.30. The van der Waals surface area contributed by atoms with Crippen LogP contribution >= 0.6 is 0 Å². The van der Waals surface area contributed by atoms with Crippen molar-refractivity contribution in [3.8, 4) is 0 Å². The molecular formula is C33H39N3O5. The molecule has 1 amide bonds. The number of nitrogens with two attached hydrogens (primary N) is 1. The van der Waals surface area contributed by atoms with Crippen LogP contribution in [-0.4, -0.2) is 46.1 Å². The van der Waals surface area contributed by atoms with Crippen LogP contribution < -0.4 is 11.1 Å². The summed E-state index contributed by atoms with van der Waals surface area (Å²) in [6, 6.07) is 24.0. The second kappa shape index (κ2) is 16.7. The molecule has 0 atom stereocenters. The lowest BCUT2D eigenvalue weighted by Gasteiger charge is -2.15. The number of carbonyl (C=O) groups is 3. The quantitative estimate of drug-likeness (QED) is 0.111. The van der Waals surface area contributed by atoms with Crippen molar-refractivity contribution in [2.24, 2.45) is 5.73 Å². The van der Waals surface area contributed by atoms with Gasteiger partial charge in [-0.3, -0.25) is 14.4 Å². The second-order valence-corrected chi connectivity index (χ2v) is 9.93. The molecule has 0 saturated heterocycles. The molecule has 0 fully saturated rings. The molecule has 0 saturated carbocycles. The van der Waals surface area contributed by atoms with Crippen molar-refractivity contribution in [3.05, 3.63) is 89.5 Å². The highest BCUT2D eigenvalue weighted by atomic mass is 16.4. The molecule has 0 aliphatic heterocycles. The van der Waals surface area contributed by atoms with Gasteiger partial charge in [-0.2, -0.15) is 0 Å². The number of fused-ring (bicyclic) bond motifs is 2. The average Bonchev–Trinajstić information content (AvgIpc) is 2.96. The van der Waals surface area contributed by atoms with Crippen LogP contribution in [-0.2, 0) is 16.0 Å². The van der Waals surface area contributed by atoms with Gasteiger partial charge in [0.1, 0.15) is 0 Å². The molecule has 1 aromatic heterocycles. The Balaban J connectivity index is 0.000000445. The third-order valence-electron chi connectivity index (χ3n) is 6.71. The van der Waals surface area contributed by atoms with Crippen molar-refractivity contribution in [1.29, 1.82) is 0 Å². The van der Waals surface area contributed by atoms with Gasteiger partial charge in [0.15, 0.2) is 0 Å². The van der Waals surface area contributed by atoms with Gasteiger partial charge >= 0.3 is 11.9 Å². The molecule has 8 heteroatoms. The van der Waals surface area contributed by atoms with Crippen LogP contribution in [0.15, 0.2) is 72.8 Å². The number of pyridine rings is 1. The van der Waals surface area contributed by atoms with Gasteiger partial charge in [-0.1, -0.05) is 73.5 Å². The lowest BCUT2D eigenvalue weighted by atomic mass is 9.94. The monoisotopic (exact) mass is 557 g/mol. The zero-order valence-electron chi connectivity index (χ0n) is 23.4. The van der Waals surface area contributed by atoms with Crippen LogP contribution in [0.4, 0.5) is 0 Å². The van der Waals surface area contributed by atoms with Crippen LogP contribution in [0.5, 0.6) is 0 Å². The number of carbonyl (C=O) groups excluding carboxylic acids is 1. The van der Waals surface area contributed by atoms with Gasteiger partial charge in [0, 0.05) is 30.2 Å². The third kappa shape index (κ3) is 9.99. The topological polar surface area (TPSA) is 143 Å². The van der Waals surface area contributed by atoms with Gasteiger partial charge in [-0.25, -0.2) is 4.98 Å². The summed E-state index contributed by atoms with van der Waals surface area (Å²) in [6.07, 6.45) is 5.92. The van der Waals surface area contributed by atoms with Gasteiger partial charge in [-0.15, -0.1) is 0 Å². The average molecular weight is 558 g/mol. The number of carboxylic acid groups (broad SMARTS) is 2. The van der Waals surface area contributed by atoms with E-state index in [1.807, 2.05) is 54.6 Å². The van der Waals surface area contributed by atoms with E-state index in [2.05, 4.69) is 23.5 Å². The standard InChI is InChI=1S/C27H26N2O3.C6H13NO2/c30-24(31)16-5-2-8-17-28-27(32)26-21-13-6-7-14-22(21)29-23-15-9-12-20(25(23)26)18-19-10-3-1-4-11-19;7-5-3-1-2-4-6(8)9/h1,3-4,6-7,9-15H,2,5,8,16-18H2,(H,28,32)(H,30,31);1-5,7H2,(H,8,9). The van der Waals surface area contributed by atoms with Crippen LogP contribution in [0.2, 0.25) is 0 Å². The van der Waals surface area contributed by atoms with E-state index in [0.717, 1.165) is 59.5 Å². The van der Waals surface area contributed by atoms with Crippen molar-refractivity contribution in [2.75, 3.05) is 13.1 Å². The number of rotatable bonds is 14. The molecule has 8 nitrogen and oxygen atoms in total. The number of carboxylic acids is 2. The third-order valence-corrected chi connectivity index (χ3v) is 6.71. The van der Waals surface area contributed by atoms with E-state index in [0.29, 0.717) is 31.5 Å². The second-order valence-electron chi connectivity index (χ2n) is 9.93. The normalized spacial score (nSPS) is 10.7. The predicted octanol–water partition coefficient (Wildman–Crippen LogP) is 5.94. The number of amides is 1. The molecule has 41 heavy (non-hydrogen) atoms. The van der Waals surface area contributed by atoms with Crippen LogP contribution in [0.3, 0.4) is 0 Å². The fourth-order valence-electron chi connectivity index (χ4n) is 4.68. The number of hydrogen-bond donors (Lipinski definition) is 4. The summed E-state index contributed by atoms with van der Waals surface area (Å²) in [6.45, 7) is 1.18. The predicted molar refractivity (Wildman–Crippen MR) is 162 cm³/mol. The van der Waals surface area contributed by atoms with Gasteiger partial charge in [0.25, 0.3) is 5.91 Å². The molecular weight excluding hydrogens is 518 g/mol. The maximum absolute atomic E-state index is 13.4. The molecule has 0 unspecified atom stereocenters. The zero-order valence-corrected chi connectivity index (χ0v) is 23.4. The first-order valence-electron chi connectivity index (χ1n) is 14.2. The first-order chi connectivity index (χ1) is 19.9. The minimum Gasteiger partial charge on any atom is -0.481 e. The van der Waals surface area contributed by atoms with Crippen molar-refractivity contribution >= 4 is 39.7 Å². The summed E-state index contributed by atoms with van der Waals surface area (Å²) >= 11 is 0. The fourth-order valence-corrected chi connectivity index (χ4v) is 4.68. The van der Waals surface area contributed by atoms with E-state index in [9.17, 15) is 14.4 Å². The van der Waals surface area contributed by atoms with Crippen LogP contribution in [0, 0.1) is 0 Å². The molecule has 4 aromatic rings. The molecule has 0 spiro atoms. The Labute approximate surface area is 240 Å². The summed E-state index contributed by atoms with van der Waals surface area (Å²) in [5.41, 5.74) is 9.70. The van der Waals surface area contributed by atoms with Gasteiger partial charge < -0.3 is 21.3 Å². The lowest BCUT2D eigenvalue weighted by Crippen LogP contribution is -2.25. The van der Waals surface area contributed by atoms with Gasteiger partial charge in [-0.05, 0) is 61.9 Å². The summed E-state index contributed by atoms with van der Waals surface area (Å²) in [7, 11) is 0. The number of aromatic nitrogens is 1. The van der Waals surface area contributed by atoms with Gasteiger partial charge in [0.05, 0.1) is 16.6 Å². The fraction of sp³-hybridized carbons (Fsp3) is 0.333. The number of nitrogens with zero attached hydrogens (tertiary/aromatic N) is 1. The molecule has 1 heterocycles. The largest absolute Gasteiger partial charge is 0.481 e. The first kappa shape index (κ1) is 31.2. The Morgan fingerprint density at radius 2 is 1.34 bits per heavy atom. The van der Waals surface area contributed by atoms with E-state index >= 15 is 0 Å². The van der Waals surface area contributed by atoms with Crippen molar-refractivity contribution < 1.29 is 24.6 Å². The van der Waals surface area contributed by atoms with Crippen LogP contribution in [0.25, 0.3) is 21.8 Å². The molecule has 5 N–H and O–H groups in total. The minimum absolute atomic E-state index is 0.118. The number of unbranched alkanes of at least 4 members (excludes halogenated alkanes) is 4. The van der Waals surface area contributed by atoms with Crippen molar-refractivity contribution in [3.63, 3.8) is 0 Å². The number of aliphatic carboxylic acids is 2. The molecule has 4 rings (SSSR count).